The van der Waals surface area contributed by atoms with Crippen LogP contribution < -0.4 is 0 Å². The first-order valence-corrected chi connectivity index (χ1v) is 5.19. The minimum absolute atomic E-state index is 0.0217. The van der Waals surface area contributed by atoms with E-state index in [1.807, 2.05) is 6.92 Å². The first kappa shape index (κ1) is 12.9. The Morgan fingerprint density at radius 3 is 2.69 bits per heavy atom. The second-order valence-corrected chi connectivity index (χ2v) is 3.82. The van der Waals surface area contributed by atoms with Crippen LogP contribution in [0.25, 0.3) is 0 Å². The largest absolute Gasteiger partial charge is 0.480 e. The van der Waals surface area contributed by atoms with Crippen LogP contribution in [0.2, 0.25) is 0 Å². The zero-order valence-electron chi connectivity index (χ0n) is 9.51. The van der Waals surface area contributed by atoms with E-state index >= 15 is 0 Å². The SMILES string of the molecule is CC1OCCC1N(C)C(=O)COCC(=O)O. The van der Waals surface area contributed by atoms with Crippen LogP contribution in [-0.2, 0) is 19.1 Å². The molecule has 1 N–H and O–H groups in total. The molecule has 16 heavy (non-hydrogen) atoms. The summed E-state index contributed by atoms with van der Waals surface area (Å²) in [6, 6.07) is 0.0564. The standard InChI is InChI=1S/C10H17NO5/c1-7-8(3-4-16-7)11(2)9(12)5-15-6-10(13)14/h7-8H,3-6H2,1-2H3,(H,13,14). The van der Waals surface area contributed by atoms with E-state index in [1.165, 1.54) is 0 Å². The highest BCUT2D eigenvalue weighted by Gasteiger charge is 2.30. The van der Waals surface area contributed by atoms with Crippen LogP contribution in [0.3, 0.4) is 0 Å². The lowest BCUT2D eigenvalue weighted by Gasteiger charge is -2.26. The highest BCUT2D eigenvalue weighted by Crippen LogP contribution is 2.18. The molecular weight excluding hydrogens is 214 g/mol. The average Bonchev–Trinajstić information content (AvgIpc) is 2.62. The molecule has 6 heteroatoms. The molecular formula is C10H17NO5. The van der Waals surface area contributed by atoms with Crippen LogP contribution in [0.5, 0.6) is 0 Å². The van der Waals surface area contributed by atoms with Crippen molar-refractivity contribution in [1.29, 1.82) is 0 Å². The maximum atomic E-state index is 11.6. The monoisotopic (exact) mass is 231 g/mol. The third kappa shape index (κ3) is 3.46. The van der Waals surface area contributed by atoms with Gasteiger partial charge >= 0.3 is 5.97 Å². The van der Waals surface area contributed by atoms with Crippen molar-refractivity contribution in [2.24, 2.45) is 0 Å². The van der Waals surface area contributed by atoms with Crippen molar-refractivity contribution < 1.29 is 24.2 Å². The summed E-state index contributed by atoms with van der Waals surface area (Å²) in [5.74, 6) is -1.29. The van der Waals surface area contributed by atoms with Gasteiger partial charge in [-0.15, -0.1) is 0 Å². The molecule has 0 aromatic carbocycles. The fraction of sp³-hybridized carbons (Fsp3) is 0.800. The zero-order valence-corrected chi connectivity index (χ0v) is 9.51. The van der Waals surface area contributed by atoms with Gasteiger partial charge < -0.3 is 19.5 Å². The van der Waals surface area contributed by atoms with Gasteiger partial charge in [0.25, 0.3) is 0 Å². The van der Waals surface area contributed by atoms with E-state index in [9.17, 15) is 9.59 Å². The number of hydrogen-bond donors (Lipinski definition) is 1. The summed E-state index contributed by atoms with van der Waals surface area (Å²) in [6.07, 6.45) is 0.830. The summed E-state index contributed by atoms with van der Waals surface area (Å²) in [4.78, 5) is 23.4. The van der Waals surface area contributed by atoms with Gasteiger partial charge in [-0.1, -0.05) is 0 Å². The third-order valence-electron chi connectivity index (χ3n) is 2.68. The Morgan fingerprint density at radius 2 is 2.19 bits per heavy atom. The Hall–Kier alpha value is -1.14. The van der Waals surface area contributed by atoms with Gasteiger partial charge in [0, 0.05) is 13.7 Å². The highest BCUT2D eigenvalue weighted by atomic mass is 16.5. The van der Waals surface area contributed by atoms with Crippen molar-refractivity contribution in [3.8, 4) is 0 Å². The number of aliphatic carboxylic acids is 1. The Bertz CT molecular complexity index is 268. The lowest BCUT2D eigenvalue weighted by molar-refractivity contribution is -0.146. The molecule has 0 spiro atoms. The van der Waals surface area contributed by atoms with Crippen molar-refractivity contribution in [2.45, 2.75) is 25.5 Å². The number of carbonyl (C=O) groups is 2. The molecule has 6 nitrogen and oxygen atoms in total. The number of carbonyl (C=O) groups excluding carboxylic acids is 1. The molecule has 1 rings (SSSR count). The molecule has 92 valence electrons. The van der Waals surface area contributed by atoms with E-state index < -0.39 is 12.6 Å². The minimum Gasteiger partial charge on any atom is -0.480 e. The third-order valence-corrected chi connectivity index (χ3v) is 2.68. The summed E-state index contributed by atoms with van der Waals surface area (Å²) in [5.41, 5.74) is 0. The van der Waals surface area contributed by atoms with Crippen molar-refractivity contribution in [1.82, 2.24) is 4.90 Å². The van der Waals surface area contributed by atoms with E-state index in [1.54, 1.807) is 11.9 Å². The van der Waals surface area contributed by atoms with Gasteiger partial charge in [-0.3, -0.25) is 4.79 Å². The fourth-order valence-corrected chi connectivity index (χ4v) is 1.74. The second kappa shape index (κ2) is 5.81. The highest BCUT2D eigenvalue weighted by molar-refractivity contribution is 5.78. The summed E-state index contributed by atoms with van der Waals surface area (Å²) < 4.78 is 10.1. The molecule has 0 saturated carbocycles. The van der Waals surface area contributed by atoms with Crippen molar-refractivity contribution in [2.75, 3.05) is 26.9 Å². The molecule has 1 saturated heterocycles. The number of likely N-dealkylation sites (N-methyl/N-ethyl adjacent to an activating group) is 1. The number of carboxylic acids is 1. The summed E-state index contributed by atoms with van der Waals surface area (Å²) in [5, 5.41) is 8.35. The zero-order chi connectivity index (χ0) is 12.1. The smallest absolute Gasteiger partial charge is 0.329 e. The predicted octanol–water partition coefficient (Wildman–Crippen LogP) is -0.277. The van der Waals surface area contributed by atoms with Gasteiger partial charge in [-0.25, -0.2) is 4.79 Å². The maximum Gasteiger partial charge on any atom is 0.329 e. The van der Waals surface area contributed by atoms with Gasteiger partial charge in [-0.05, 0) is 13.3 Å². The molecule has 1 aliphatic rings. The summed E-state index contributed by atoms with van der Waals surface area (Å²) in [7, 11) is 1.68. The molecule has 1 heterocycles. The normalized spacial score (nSPS) is 24.4. The molecule has 1 amide bonds. The Balaban J connectivity index is 2.32. The van der Waals surface area contributed by atoms with E-state index in [-0.39, 0.29) is 24.7 Å². The Morgan fingerprint density at radius 1 is 1.50 bits per heavy atom. The number of carboxylic acid groups (broad SMARTS) is 1. The molecule has 0 aromatic rings. The number of amides is 1. The lowest BCUT2D eigenvalue weighted by atomic mass is 10.1. The van der Waals surface area contributed by atoms with Gasteiger partial charge in [0.05, 0.1) is 12.1 Å². The van der Waals surface area contributed by atoms with Gasteiger partial charge in [0.15, 0.2) is 0 Å². The van der Waals surface area contributed by atoms with Crippen LogP contribution in [0.1, 0.15) is 13.3 Å². The molecule has 2 unspecified atom stereocenters. The maximum absolute atomic E-state index is 11.6. The second-order valence-electron chi connectivity index (χ2n) is 3.82. The Labute approximate surface area is 94.1 Å². The molecule has 2 atom stereocenters. The van der Waals surface area contributed by atoms with E-state index in [0.717, 1.165) is 6.42 Å². The van der Waals surface area contributed by atoms with Crippen LogP contribution in [0, 0.1) is 0 Å². The van der Waals surface area contributed by atoms with Crippen molar-refractivity contribution in [3.05, 3.63) is 0 Å². The molecule has 0 bridgehead atoms. The molecule has 1 aliphatic heterocycles. The summed E-state index contributed by atoms with van der Waals surface area (Å²) in [6.45, 7) is 1.92. The van der Waals surface area contributed by atoms with E-state index in [0.29, 0.717) is 6.61 Å². The number of nitrogens with zero attached hydrogens (tertiary/aromatic N) is 1. The van der Waals surface area contributed by atoms with Crippen molar-refractivity contribution in [3.63, 3.8) is 0 Å². The first-order chi connectivity index (χ1) is 7.52. The molecule has 0 radical (unpaired) electrons. The number of rotatable bonds is 5. The topological polar surface area (TPSA) is 76.1 Å². The van der Waals surface area contributed by atoms with E-state index in [4.69, 9.17) is 14.6 Å². The van der Waals surface area contributed by atoms with Gasteiger partial charge in [-0.2, -0.15) is 0 Å². The molecule has 0 aromatic heterocycles. The van der Waals surface area contributed by atoms with Gasteiger partial charge in [0.2, 0.25) is 5.91 Å². The number of hydrogen-bond acceptors (Lipinski definition) is 4. The summed E-state index contributed by atoms with van der Waals surface area (Å²) >= 11 is 0. The van der Waals surface area contributed by atoms with E-state index in [2.05, 4.69) is 0 Å². The minimum atomic E-state index is -1.08. The van der Waals surface area contributed by atoms with Crippen LogP contribution >= 0.6 is 0 Å². The number of ether oxygens (including phenoxy) is 2. The van der Waals surface area contributed by atoms with Crippen LogP contribution in [-0.4, -0.2) is 60.9 Å². The van der Waals surface area contributed by atoms with Crippen LogP contribution in [0.4, 0.5) is 0 Å². The average molecular weight is 231 g/mol. The lowest BCUT2D eigenvalue weighted by Crippen LogP contribution is -2.42. The first-order valence-electron chi connectivity index (χ1n) is 5.19. The molecule has 0 aliphatic carbocycles. The van der Waals surface area contributed by atoms with Gasteiger partial charge in [0.1, 0.15) is 13.2 Å². The molecule has 1 fully saturated rings. The predicted molar refractivity (Wildman–Crippen MR) is 55.0 cm³/mol. The fourth-order valence-electron chi connectivity index (χ4n) is 1.74. The van der Waals surface area contributed by atoms with Crippen molar-refractivity contribution >= 4 is 11.9 Å². The van der Waals surface area contributed by atoms with Crippen LogP contribution in [0.15, 0.2) is 0 Å². The Kier molecular flexibility index (Phi) is 4.70. The quantitative estimate of drug-likeness (QED) is 0.704.